The first kappa shape index (κ1) is 41.0. The molecule has 13 rings (SSSR count). The van der Waals surface area contributed by atoms with Gasteiger partial charge in [0, 0.05) is 33.5 Å². The van der Waals surface area contributed by atoms with Gasteiger partial charge in [-0.1, -0.05) is 206 Å². The Kier molecular flexibility index (Phi) is 10.2. The number of hydrogen-bond donors (Lipinski definition) is 0. The van der Waals surface area contributed by atoms with E-state index in [0.717, 1.165) is 22.7 Å². The van der Waals surface area contributed by atoms with Gasteiger partial charge in [-0.2, -0.15) is 0 Å². The molecule has 0 unspecified atom stereocenters. The number of rotatable bonds is 9. The van der Waals surface area contributed by atoms with E-state index >= 15 is 0 Å². The van der Waals surface area contributed by atoms with Crippen LogP contribution in [-0.2, 0) is 0 Å². The Hall–Kier alpha value is -9.24. The van der Waals surface area contributed by atoms with Crippen LogP contribution in [0.15, 0.2) is 279 Å². The van der Waals surface area contributed by atoms with E-state index in [0.29, 0.717) is 0 Å². The quantitative estimate of drug-likeness (QED) is 0.140. The Balaban J connectivity index is 0.808. The highest BCUT2D eigenvalue weighted by Gasteiger charge is 2.16. The molecule has 0 bridgehead atoms. The second kappa shape index (κ2) is 17.4. The largest absolute Gasteiger partial charge is 0.311 e. The number of anilines is 3. The van der Waals surface area contributed by atoms with E-state index in [1.54, 1.807) is 0 Å². The number of para-hydroxylation sites is 1. The van der Waals surface area contributed by atoms with Gasteiger partial charge >= 0.3 is 0 Å². The van der Waals surface area contributed by atoms with Crippen LogP contribution in [-0.4, -0.2) is 4.57 Å². The minimum Gasteiger partial charge on any atom is -0.311 e. The first-order valence-electron chi connectivity index (χ1n) is 24.1. The van der Waals surface area contributed by atoms with E-state index in [1.807, 2.05) is 0 Å². The molecular formula is C68H46N2. The van der Waals surface area contributed by atoms with Gasteiger partial charge in [0.05, 0.1) is 11.0 Å². The van der Waals surface area contributed by atoms with Crippen molar-refractivity contribution in [3.8, 4) is 61.3 Å². The predicted octanol–water partition coefficient (Wildman–Crippen LogP) is 18.9. The number of fused-ring (bicyclic) bond motifs is 5. The van der Waals surface area contributed by atoms with Gasteiger partial charge in [0.2, 0.25) is 0 Å². The van der Waals surface area contributed by atoms with Gasteiger partial charge in [0.25, 0.3) is 0 Å². The Morgan fingerprint density at radius 1 is 0.229 bits per heavy atom. The van der Waals surface area contributed by atoms with Crippen molar-refractivity contribution in [3.63, 3.8) is 0 Å². The van der Waals surface area contributed by atoms with E-state index in [4.69, 9.17) is 0 Å². The molecule has 0 N–H and O–H groups in total. The van der Waals surface area contributed by atoms with Crippen molar-refractivity contribution in [1.29, 1.82) is 0 Å². The molecule has 0 amide bonds. The van der Waals surface area contributed by atoms with Crippen molar-refractivity contribution in [2.24, 2.45) is 0 Å². The number of hydrogen-bond acceptors (Lipinski definition) is 1. The summed E-state index contributed by atoms with van der Waals surface area (Å²) in [4.78, 5) is 2.36. The molecule has 0 atom stereocenters. The summed E-state index contributed by atoms with van der Waals surface area (Å²) < 4.78 is 2.39. The van der Waals surface area contributed by atoms with E-state index in [9.17, 15) is 0 Å². The molecule has 1 aromatic heterocycles. The van der Waals surface area contributed by atoms with Crippen LogP contribution < -0.4 is 4.90 Å². The predicted molar refractivity (Wildman–Crippen MR) is 298 cm³/mol. The molecule has 0 radical (unpaired) electrons. The normalized spacial score (nSPS) is 11.4. The van der Waals surface area contributed by atoms with Crippen LogP contribution in [0.1, 0.15) is 0 Å². The van der Waals surface area contributed by atoms with Crippen molar-refractivity contribution in [2.75, 3.05) is 4.90 Å². The molecule has 0 saturated heterocycles. The first-order chi connectivity index (χ1) is 34.7. The van der Waals surface area contributed by atoms with Gasteiger partial charge < -0.3 is 9.47 Å². The highest BCUT2D eigenvalue weighted by atomic mass is 15.1. The van der Waals surface area contributed by atoms with Gasteiger partial charge in [-0.3, -0.25) is 0 Å². The average Bonchev–Trinajstić information content (AvgIpc) is 3.77. The second-order valence-electron chi connectivity index (χ2n) is 18.1. The molecule has 0 aliphatic rings. The summed E-state index contributed by atoms with van der Waals surface area (Å²) in [7, 11) is 0. The minimum atomic E-state index is 1.09. The summed E-state index contributed by atoms with van der Waals surface area (Å²) in [6.45, 7) is 0. The molecule has 0 aliphatic carbocycles. The third-order valence-corrected chi connectivity index (χ3v) is 14.0. The lowest BCUT2D eigenvalue weighted by Gasteiger charge is -2.26. The number of aromatic nitrogens is 1. The monoisotopic (exact) mass is 890 g/mol. The zero-order valence-electron chi connectivity index (χ0n) is 38.5. The Bertz CT molecular complexity index is 3990. The third kappa shape index (κ3) is 7.49. The third-order valence-electron chi connectivity index (χ3n) is 14.0. The SMILES string of the molecule is c1ccc(-c2ccc(-n3c4ccccc4c4cc(-c5ccc(-c6ccc(N(c7ccc(-c8ccc9ccccc9c8)cc7)c7ccc(-c8cccc9ccccc89)cc7)cc6)cc5)ccc43)cc2)cc1. The lowest BCUT2D eigenvalue weighted by Crippen LogP contribution is -2.09. The standard InChI is InChI=1S/C68H46N2/c1-2-11-47(12-3-1)50-29-40-62(41-30-50)70-67-20-9-8-18-65(67)66-46-58(35-44-68(66)70)52-23-21-49(22-24-52)51-27-36-59(37-28-51)69(60-38-31-53(32-39-60)57-26-25-48-13-4-5-15-56(48)45-57)61-42-33-55(34-43-61)64-19-10-16-54-14-6-7-17-63(54)64/h1-46H. The average molecular weight is 891 g/mol. The Morgan fingerprint density at radius 3 is 1.31 bits per heavy atom. The van der Waals surface area contributed by atoms with Gasteiger partial charge in [0.1, 0.15) is 0 Å². The second-order valence-corrected chi connectivity index (χ2v) is 18.1. The molecule has 328 valence electrons. The molecule has 2 nitrogen and oxygen atoms in total. The smallest absolute Gasteiger partial charge is 0.0541 e. The van der Waals surface area contributed by atoms with Crippen molar-refractivity contribution < 1.29 is 0 Å². The van der Waals surface area contributed by atoms with Crippen LogP contribution in [0.5, 0.6) is 0 Å². The molecule has 13 aromatic rings. The zero-order chi connectivity index (χ0) is 46.4. The molecule has 0 saturated carbocycles. The molecule has 0 fully saturated rings. The van der Waals surface area contributed by atoms with Gasteiger partial charge in [-0.25, -0.2) is 0 Å². The number of benzene rings is 12. The van der Waals surface area contributed by atoms with E-state index in [1.165, 1.54) is 99.0 Å². The summed E-state index contributed by atoms with van der Waals surface area (Å²) >= 11 is 0. The summed E-state index contributed by atoms with van der Waals surface area (Å²) in [6.07, 6.45) is 0. The minimum absolute atomic E-state index is 1.09. The Morgan fingerprint density at radius 2 is 0.657 bits per heavy atom. The highest BCUT2D eigenvalue weighted by molar-refractivity contribution is 6.10. The molecule has 12 aromatic carbocycles. The summed E-state index contributed by atoms with van der Waals surface area (Å²) in [6, 6.07) is 102. The maximum Gasteiger partial charge on any atom is 0.0541 e. The van der Waals surface area contributed by atoms with Gasteiger partial charge in [-0.15, -0.1) is 0 Å². The Labute approximate surface area is 408 Å². The van der Waals surface area contributed by atoms with Crippen LogP contribution in [0, 0.1) is 0 Å². The summed E-state index contributed by atoms with van der Waals surface area (Å²) in [5.41, 5.74) is 18.9. The van der Waals surface area contributed by atoms with E-state index in [-0.39, 0.29) is 0 Å². The van der Waals surface area contributed by atoms with Crippen molar-refractivity contribution in [1.82, 2.24) is 4.57 Å². The fraction of sp³-hybridized carbons (Fsp3) is 0. The lowest BCUT2D eigenvalue weighted by molar-refractivity contribution is 1.18. The fourth-order valence-electron chi connectivity index (χ4n) is 10.4. The first-order valence-corrected chi connectivity index (χ1v) is 24.1. The zero-order valence-corrected chi connectivity index (χ0v) is 38.5. The van der Waals surface area contributed by atoms with Crippen LogP contribution in [0.3, 0.4) is 0 Å². The number of nitrogens with zero attached hydrogens (tertiary/aromatic N) is 2. The van der Waals surface area contributed by atoms with Crippen LogP contribution in [0.2, 0.25) is 0 Å². The molecule has 0 spiro atoms. The van der Waals surface area contributed by atoms with E-state index < -0.39 is 0 Å². The molecule has 1 heterocycles. The van der Waals surface area contributed by atoms with E-state index in [2.05, 4.69) is 289 Å². The van der Waals surface area contributed by atoms with Crippen LogP contribution >= 0.6 is 0 Å². The fourth-order valence-corrected chi connectivity index (χ4v) is 10.4. The molecule has 0 aliphatic heterocycles. The topological polar surface area (TPSA) is 8.17 Å². The maximum atomic E-state index is 2.39. The van der Waals surface area contributed by atoms with Crippen molar-refractivity contribution in [3.05, 3.63) is 279 Å². The maximum absolute atomic E-state index is 2.39. The molecular weight excluding hydrogens is 845 g/mol. The van der Waals surface area contributed by atoms with Crippen LogP contribution in [0.4, 0.5) is 17.1 Å². The molecule has 70 heavy (non-hydrogen) atoms. The van der Waals surface area contributed by atoms with Crippen molar-refractivity contribution >= 4 is 60.4 Å². The lowest BCUT2D eigenvalue weighted by atomic mass is 9.97. The highest BCUT2D eigenvalue weighted by Crippen LogP contribution is 2.40. The molecule has 2 heteroatoms. The van der Waals surface area contributed by atoms with Gasteiger partial charge in [0.15, 0.2) is 0 Å². The van der Waals surface area contributed by atoms with Crippen LogP contribution in [0.25, 0.3) is 105 Å². The summed E-state index contributed by atoms with van der Waals surface area (Å²) in [5, 5.41) is 7.49. The van der Waals surface area contributed by atoms with Crippen molar-refractivity contribution in [2.45, 2.75) is 0 Å². The van der Waals surface area contributed by atoms with Gasteiger partial charge in [-0.05, 0) is 150 Å². The summed E-state index contributed by atoms with van der Waals surface area (Å²) in [5.74, 6) is 0.